The minimum atomic E-state index is -1.09. The highest BCUT2D eigenvalue weighted by molar-refractivity contribution is 6.24. The zero-order chi connectivity index (χ0) is 57.5. The molecule has 10 rings (SSSR count). The average Bonchev–Trinajstić information content (AvgIpc) is 3.05. The predicted molar refractivity (Wildman–Crippen MR) is 208 cm³/mol. The molecule has 0 aliphatic carbocycles. The Kier molecular flexibility index (Phi) is 2.56. The van der Waals surface area contributed by atoms with Gasteiger partial charge in [-0.2, -0.15) is 0 Å². The Labute approximate surface area is 325 Å². The van der Waals surface area contributed by atoms with Gasteiger partial charge in [-0.05, 0) is 72.2 Å². The van der Waals surface area contributed by atoms with E-state index in [1.165, 1.54) is 0 Å². The highest BCUT2D eigenvalue weighted by Gasteiger charge is 2.21. The maximum atomic E-state index is 9.83. The van der Waals surface area contributed by atoms with Crippen LogP contribution in [0.5, 0.6) is 0 Å². The van der Waals surface area contributed by atoms with Crippen LogP contribution in [0.3, 0.4) is 0 Å². The van der Waals surface area contributed by atoms with Crippen LogP contribution in [0.4, 0.5) is 0 Å². The van der Waals surface area contributed by atoms with E-state index in [4.69, 9.17) is 33.2 Å². The van der Waals surface area contributed by atoms with Crippen molar-refractivity contribution in [2.75, 3.05) is 0 Å². The van der Waals surface area contributed by atoms with Crippen LogP contribution in [-0.4, -0.2) is 0 Å². The van der Waals surface area contributed by atoms with E-state index in [0.717, 1.165) is 6.07 Å². The van der Waals surface area contributed by atoms with Gasteiger partial charge in [0.05, 0.1) is 39.8 Å². The molecule has 228 valence electrons. The zero-order valence-corrected chi connectivity index (χ0v) is 24.5. The number of rotatable bonds is 4. The normalized spacial score (nSPS) is 20.0. The van der Waals surface area contributed by atoms with Crippen LogP contribution in [0, 0.1) is 0 Å². The van der Waals surface area contributed by atoms with Gasteiger partial charge in [0.25, 0.3) is 0 Å². The van der Waals surface area contributed by atoms with E-state index in [-0.39, 0.29) is 5.39 Å². The van der Waals surface area contributed by atoms with Crippen molar-refractivity contribution in [3.05, 3.63) is 181 Å². The summed E-state index contributed by atoms with van der Waals surface area (Å²) in [5, 5.41) is -4.97. The van der Waals surface area contributed by atoms with Crippen LogP contribution in [0.1, 0.15) is 39.8 Å². The molecule has 0 saturated heterocycles. The maximum absolute atomic E-state index is 9.83. The van der Waals surface area contributed by atoms with Crippen LogP contribution in [0.2, 0.25) is 0 Å². The molecule has 0 amide bonds. The Bertz CT molecular complexity index is 4430. The Morgan fingerprint density at radius 1 is 0.327 bits per heavy atom. The highest BCUT2D eigenvalue weighted by Crippen LogP contribution is 2.47. The summed E-state index contributed by atoms with van der Waals surface area (Å²) in [5.41, 5.74) is -7.22. The number of hydrogen-bond acceptors (Lipinski definition) is 1. The molecule has 1 heteroatoms. The lowest BCUT2D eigenvalue weighted by molar-refractivity contribution is 0.671. The quantitative estimate of drug-likeness (QED) is 0.173. The molecule has 0 aliphatic rings. The molecule has 1 nitrogen and oxygen atoms in total. The molecular weight excluding hydrogens is 593 g/mol. The van der Waals surface area contributed by atoms with E-state index >= 15 is 0 Å². The maximum Gasteiger partial charge on any atom is 0.143 e. The lowest BCUT2D eigenvalue weighted by atomic mass is 9.85. The van der Waals surface area contributed by atoms with Crippen LogP contribution in [0.15, 0.2) is 186 Å². The molecule has 9 aromatic carbocycles. The first-order valence-corrected chi connectivity index (χ1v) is 14.5. The van der Waals surface area contributed by atoms with Crippen LogP contribution >= 0.6 is 0 Å². The predicted octanol–water partition coefficient (Wildman–Crippen LogP) is 13.7. The van der Waals surface area contributed by atoms with Gasteiger partial charge in [0, 0.05) is 27.5 Å². The molecule has 0 spiro atoms. The molecule has 0 aliphatic heterocycles. The standard InChI is InChI=1S/C48H30O/c1-2-14-32(15-3-1)37-23-11-24-42-43-25-12-26-44(48(43)49-47(37)42)46-40-21-8-6-19-38(40)45(39-20-7-9-22-41(39)46)36-18-10-17-34(30-36)35-28-27-31-13-4-5-16-33(31)29-35/h1-30H/i1D,2D,3D,4D,5D,6D,7D,8D,9D,10D,11D,12D,13D,14D,15D,16D,17D,18D,19D,20D,21D,22D,23D,24D,26D,27D,28D,29D,30D. The fourth-order valence-corrected chi connectivity index (χ4v) is 5.87. The van der Waals surface area contributed by atoms with Crippen LogP contribution in [-0.2, 0) is 0 Å². The summed E-state index contributed by atoms with van der Waals surface area (Å²) in [6, 6.07) is -25.9. The van der Waals surface area contributed by atoms with Crippen molar-refractivity contribution < 1.29 is 44.2 Å². The summed E-state index contributed by atoms with van der Waals surface area (Å²) in [6.45, 7) is 0. The van der Waals surface area contributed by atoms with Gasteiger partial charge in [-0.25, -0.2) is 0 Å². The van der Waals surface area contributed by atoms with Gasteiger partial charge in [0.15, 0.2) is 0 Å². The summed E-state index contributed by atoms with van der Waals surface area (Å²) in [4.78, 5) is 0. The molecule has 0 atom stereocenters. The molecule has 0 bridgehead atoms. The molecule has 10 aromatic rings. The van der Waals surface area contributed by atoms with Crippen molar-refractivity contribution in [2.24, 2.45) is 0 Å². The lowest BCUT2D eigenvalue weighted by Gasteiger charge is -2.18. The molecular formula is C48H30O. The zero-order valence-electron chi connectivity index (χ0n) is 53.5. The minimum Gasteiger partial charge on any atom is -0.455 e. The summed E-state index contributed by atoms with van der Waals surface area (Å²) in [5.74, 6) is 0. The monoisotopic (exact) mass is 651 g/mol. The average molecular weight is 652 g/mol. The first-order chi connectivity index (χ1) is 36.4. The molecule has 0 N–H and O–H groups in total. The number of furan rings is 1. The molecule has 0 saturated carbocycles. The van der Waals surface area contributed by atoms with Crippen LogP contribution in [0.25, 0.3) is 98.8 Å². The van der Waals surface area contributed by atoms with Gasteiger partial charge in [-0.15, -0.1) is 0 Å². The van der Waals surface area contributed by atoms with E-state index in [0.29, 0.717) is 0 Å². The van der Waals surface area contributed by atoms with E-state index in [2.05, 4.69) is 0 Å². The van der Waals surface area contributed by atoms with Crippen LogP contribution < -0.4 is 0 Å². The second-order valence-corrected chi connectivity index (χ2v) is 10.6. The number of para-hydroxylation sites is 2. The van der Waals surface area contributed by atoms with Gasteiger partial charge >= 0.3 is 0 Å². The van der Waals surface area contributed by atoms with Crippen molar-refractivity contribution in [1.82, 2.24) is 0 Å². The number of benzene rings is 9. The first-order valence-electron chi connectivity index (χ1n) is 29.0. The molecule has 49 heavy (non-hydrogen) atoms. The lowest BCUT2D eigenvalue weighted by Crippen LogP contribution is -1.91. The third-order valence-electron chi connectivity index (χ3n) is 7.94. The highest BCUT2D eigenvalue weighted by atomic mass is 16.3. The van der Waals surface area contributed by atoms with E-state index < -0.39 is 269 Å². The molecule has 0 fully saturated rings. The largest absolute Gasteiger partial charge is 0.455 e. The van der Waals surface area contributed by atoms with Gasteiger partial charge in [0.2, 0.25) is 0 Å². The SMILES string of the molecule is [2H]c1cc2c(oc3c(-c4c([2H])c([2H])c([2H])c([2H])c4[2H])c([2H])c([2H])c([2H])c32)c(-c2c3c([2H])c([2H])c([2H])c([2H])c3c(-c3c([2H])c([2H])c([2H])c(-c4c([2H])c([2H])c5c([2H])c([2H])c([2H])c([2H])c5c4[2H])c3[2H])c3c([2H])c([2H])c([2H])c([2H])c23)c1[2H]. The van der Waals surface area contributed by atoms with Crippen molar-refractivity contribution in [1.29, 1.82) is 0 Å². The molecule has 0 radical (unpaired) electrons. The number of hydrogen-bond donors (Lipinski definition) is 0. The smallest absolute Gasteiger partial charge is 0.143 e. The summed E-state index contributed by atoms with van der Waals surface area (Å²) in [7, 11) is 0. The molecule has 1 heterocycles. The Morgan fingerprint density at radius 3 is 1.65 bits per heavy atom. The second-order valence-electron chi connectivity index (χ2n) is 10.6. The van der Waals surface area contributed by atoms with E-state index in [1.54, 1.807) is 0 Å². The van der Waals surface area contributed by atoms with Crippen molar-refractivity contribution in [3.63, 3.8) is 0 Å². The first kappa shape index (κ1) is 11.3. The summed E-state index contributed by atoms with van der Waals surface area (Å²) >= 11 is 0. The van der Waals surface area contributed by atoms with Gasteiger partial charge in [-0.1, -0.05) is 169 Å². The molecule has 0 unspecified atom stereocenters. The Balaban J connectivity index is 1.48. The van der Waals surface area contributed by atoms with Crippen molar-refractivity contribution in [3.8, 4) is 44.5 Å². The van der Waals surface area contributed by atoms with E-state index in [9.17, 15) is 11.0 Å². The topological polar surface area (TPSA) is 13.1 Å². The van der Waals surface area contributed by atoms with Crippen molar-refractivity contribution >= 4 is 54.3 Å². The van der Waals surface area contributed by atoms with E-state index in [1.807, 2.05) is 0 Å². The summed E-state index contributed by atoms with van der Waals surface area (Å²) < 4.78 is 267. The number of fused-ring (bicyclic) bond motifs is 6. The molecule has 1 aromatic heterocycles. The fraction of sp³-hybridized carbons (Fsp3) is 0. The Morgan fingerprint density at radius 2 is 0.878 bits per heavy atom. The second kappa shape index (κ2) is 11.1. The fourth-order valence-electron chi connectivity index (χ4n) is 5.87. The minimum absolute atomic E-state index is 0.331. The Hall–Kier alpha value is -6.44. The van der Waals surface area contributed by atoms with Gasteiger partial charge in [0.1, 0.15) is 11.2 Å². The third-order valence-corrected chi connectivity index (χ3v) is 7.94. The van der Waals surface area contributed by atoms with Crippen molar-refractivity contribution in [2.45, 2.75) is 0 Å². The van der Waals surface area contributed by atoms with Gasteiger partial charge in [-0.3, -0.25) is 0 Å². The van der Waals surface area contributed by atoms with Gasteiger partial charge < -0.3 is 4.42 Å². The third kappa shape index (κ3) is 4.40. The summed E-state index contributed by atoms with van der Waals surface area (Å²) in [6.07, 6.45) is 0.